The van der Waals surface area contributed by atoms with Crippen molar-refractivity contribution < 1.29 is 9.18 Å². The molecule has 8 nitrogen and oxygen atoms in total. The second kappa shape index (κ2) is 7.91. The minimum atomic E-state index is -0.765. The molecule has 30 heavy (non-hydrogen) atoms. The Kier molecular flexibility index (Phi) is 5.29. The third kappa shape index (κ3) is 4.20. The Morgan fingerprint density at radius 3 is 2.77 bits per heavy atom. The van der Waals surface area contributed by atoms with E-state index in [1.54, 1.807) is 10.9 Å². The van der Waals surface area contributed by atoms with Gasteiger partial charge in [0.2, 0.25) is 0 Å². The van der Waals surface area contributed by atoms with Crippen molar-refractivity contribution in [3.05, 3.63) is 41.8 Å². The molecule has 0 saturated heterocycles. The molecule has 4 rings (SSSR count). The number of aryl methyl sites for hydroxylation is 1. The Morgan fingerprint density at radius 1 is 1.33 bits per heavy atom. The molecule has 1 aromatic carbocycles. The Morgan fingerprint density at radius 2 is 2.10 bits per heavy atom. The number of halogens is 1. The predicted octanol–water partition coefficient (Wildman–Crippen LogP) is 2.88. The fourth-order valence-corrected chi connectivity index (χ4v) is 3.53. The highest BCUT2D eigenvalue weighted by Crippen LogP contribution is 2.35. The number of hydrogen-bond donors (Lipinski definition) is 4. The number of hydrogen-bond acceptors (Lipinski definition) is 6. The molecule has 1 aliphatic rings. The summed E-state index contributed by atoms with van der Waals surface area (Å²) in [6.07, 6.45) is 4.96. The maximum atomic E-state index is 14.7. The van der Waals surface area contributed by atoms with Gasteiger partial charge in [0.1, 0.15) is 5.82 Å². The first-order valence-electron chi connectivity index (χ1n) is 10.0. The van der Waals surface area contributed by atoms with Crippen LogP contribution in [0.4, 0.5) is 21.7 Å². The number of benzene rings is 1. The zero-order valence-electron chi connectivity index (χ0n) is 17.0. The monoisotopic (exact) mass is 411 g/mol. The van der Waals surface area contributed by atoms with E-state index in [9.17, 15) is 9.18 Å². The molecule has 6 N–H and O–H groups in total. The molecule has 1 amide bonds. The van der Waals surface area contributed by atoms with Crippen LogP contribution < -0.4 is 22.1 Å². The van der Waals surface area contributed by atoms with Gasteiger partial charge in [0.25, 0.3) is 5.91 Å². The van der Waals surface area contributed by atoms with E-state index in [-0.39, 0.29) is 29.3 Å². The lowest BCUT2D eigenvalue weighted by molar-refractivity contribution is 0.100. The number of nitrogens with zero attached hydrogens (tertiary/aromatic N) is 3. The Labute approximate surface area is 173 Å². The van der Waals surface area contributed by atoms with Crippen molar-refractivity contribution in [1.82, 2.24) is 14.8 Å². The fourth-order valence-electron chi connectivity index (χ4n) is 3.53. The van der Waals surface area contributed by atoms with Gasteiger partial charge >= 0.3 is 0 Å². The Balaban J connectivity index is 1.66. The molecule has 1 saturated carbocycles. The van der Waals surface area contributed by atoms with Crippen molar-refractivity contribution in [1.29, 1.82) is 0 Å². The minimum Gasteiger partial charge on any atom is -0.365 e. The molecule has 1 aliphatic carbocycles. The molecule has 2 heterocycles. The number of amides is 1. The summed E-state index contributed by atoms with van der Waals surface area (Å²) in [6, 6.07) is 6.44. The number of fused-ring (bicyclic) bond motifs is 1. The molecular weight excluding hydrogens is 385 g/mol. The predicted molar refractivity (Wildman–Crippen MR) is 115 cm³/mol. The molecule has 0 unspecified atom stereocenters. The summed E-state index contributed by atoms with van der Waals surface area (Å²) in [4.78, 5) is 16.3. The number of nitrogens with one attached hydrogen (secondary N) is 2. The normalized spacial score (nSPS) is 15.7. The Bertz CT molecular complexity index is 1090. The van der Waals surface area contributed by atoms with Crippen LogP contribution in [0.1, 0.15) is 36.5 Å². The van der Waals surface area contributed by atoms with Gasteiger partial charge in [-0.15, -0.1) is 0 Å². The standard InChI is InChI=1S/C21H26FN7O/c1-11(23)17(7-12-3-4-12)27-21-16(22)9-15(19(24)30)20(28-21)26-14-6-5-13-10-25-29(2)18(13)8-14/h5-6,8-12,17H,3-4,7,23H2,1-2H3,(H2,24,30)(H2,26,27,28)/t11-,17+/m0/s1. The average Bonchev–Trinajstić information content (AvgIpc) is 3.45. The van der Waals surface area contributed by atoms with E-state index in [2.05, 4.69) is 20.7 Å². The van der Waals surface area contributed by atoms with Gasteiger partial charge in [-0.3, -0.25) is 9.48 Å². The zero-order chi connectivity index (χ0) is 21.4. The summed E-state index contributed by atoms with van der Waals surface area (Å²) in [6.45, 7) is 1.89. The van der Waals surface area contributed by atoms with Crippen molar-refractivity contribution >= 4 is 34.1 Å². The van der Waals surface area contributed by atoms with Gasteiger partial charge < -0.3 is 22.1 Å². The molecule has 0 bridgehead atoms. The topological polar surface area (TPSA) is 124 Å². The molecule has 0 aliphatic heterocycles. The summed E-state index contributed by atoms with van der Waals surface area (Å²) in [5, 5.41) is 11.4. The lowest BCUT2D eigenvalue weighted by Crippen LogP contribution is -2.39. The number of carbonyl (C=O) groups excluding carboxylic acids is 1. The number of aromatic nitrogens is 3. The lowest BCUT2D eigenvalue weighted by atomic mass is 10.0. The highest BCUT2D eigenvalue weighted by atomic mass is 19.1. The number of primary amides is 1. The van der Waals surface area contributed by atoms with Crippen molar-refractivity contribution in [3.63, 3.8) is 0 Å². The highest BCUT2D eigenvalue weighted by Gasteiger charge is 2.28. The van der Waals surface area contributed by atoms with E-state index in [1.807, 2.05) is 32.2 Å². The minimum absolute atomic E-state index is 0.0253. The quantitative estimate of drug-likeness (QED) is 0.452. The van der Waals surface area contributed by atoms with Crippen molar-refractivity contribution in [2.45, 2.75) is 38.3 Å². The fraction of sp³-hybridized carbons (Fsp3) is 0.381. The van der Waals surface area contributed by atoms with Crippen LogP contribution in [0.5, 0.6) is 0 Å². The SMILES string of the molecule is C[C@H](N)[C@@H](CC1CC1)Nc1nc(Nc2ccc3cnn(C)c3c2)c(C(N)=O)cc1F. The first-order chi connectivity index (χ1) is 14.3. The molecule has 1 fully saturated rings. The molecule has 2 atom stereocenters. The summed E-state index contributed by atoms with van der Waals surface area (Å²) >= 11 is 0. The lowest BCUT2D eigenvalue weighted by Gasteiger charge is -2.24. The van der Waals surface area contributed by atoms with Gasteiger partial charge in [-0.25, -0.2) is 9.37 Å². The van der Waals surface area contributed by atoms with E-state index in [0.717, 1.165) is 23.4 Å². The van der Waals surface area contributed by atoms with Gasteiger partial charge in [-0.2, -0.15) is 5.10 Å². The number of nitrogens with two attached hydrogens (primary N) is 2. The van der Waals surface area contributed by atoms with Crippen LogP contribution in [-0.2, 0) is 7.05 Å². The first-order valence-corrected chi connectivity index (χ1v) is 10.0. The summed E-state index contributed by atoms with van der Waals surface area (Å²) in [7, 11) is 1.84. The first kappa shape index (κ1) is 20.1. The van der Waals surface area contributed by atoms with Crippen LogP contribution in [-0.4, -0.2) is 32.8 Å². The number of pyridine rings is 1. The smallest absolute Gasteiger partial charge is 0.252 e. The zero-order valence-corrected chi connectivity index (χ0v) is 17.0. The third-order valence-electron chi connectivity index (χ3n) is 5.49. The summed E-state index contributed by atoms with van der Waals surface area (Å²) in [5.74, 6) is -0.559. The largest absolute Gasteiger partial charge is 0.365 e. The average molecular weight is 411 g/mol. The van der Waals surface area contributed by atoms with Gasteiger partial charge in [0, 0.05) is 30.2 Å². The summed E-state index contributed by atoms with van der Waals surface area (Å²) in [5.41, 5.74) is 13.1. The molecule has 2 aromatic heterocycles. The van der Waals surface area contributed by atoms with Crippen molar-refractivity contribution in [2.24, 2.45) is 24.4 Å². The van der Waals surface area contributed by atoms with Gasteiger partial charge in [-0.1, -0.05) is 12.8 Å². The van der Waals surface area contributed by atoms with Crippen LogP contribution in [0.2, 0.25) is 0 Å². The number of carbonyl (C=O) groups is 1. The molecular formula is C21H26FN7O. The van der Waals surface area contributed by atoms with Crippen molar-refractivity contribution in [3.8, 4) is 0 Å². The van der Waals surface area contributed by atoms with Crippen LogP contribution in [0.15, 0.2) is 30.5 Å². The van der Waals surface area contributed by atoms with Crippen LogP contribution in [0.25, 0.3) is 10.9 Å². The van der Waals surface area contributed by atoms with E-state index in [4.69, 9.17) is 11.5 Å². The summed E-state index contributed by atoms with van der Waals surface area (Å²) < 4.78 is 16.5. The molecule has 158 valence electrons. The van der Waals surface area contributed by atoms with Crippen LogP contribution in [0, 0.1) is 11.7 Å². The highest BCUT2D eigenvalue weighted by molar-refractivity contribution is 5.99. The van der Waals surface area contributed by atoms with Gasteiger partial charge in [-0.05, 0) is 43.5 Å². The second-order valence-corrected chi connectivity index (χ2v) is 8.04. The Hall–Kier alpha value is -3.20. The van der Waals surface area contributed by atoms with E-state index in [0.29, 0.717) is 11.6 Å². The third-order valence-corrected chi connectivity index (χ3v) is 5.49. The number of anilines is 3. The van der Waals surface area contributed by atoms with E-state index < -0.39 is 11.7 Å². The van der Waals surface area contributed by atoms with E-state index >= 15 is 0 Å². The molecule has 3 aromatic rings. The van der Waals surface area contributed by atoms with Crippen LogP contribution in [0.3, 0.4) is 0 Å². The second-order valence-electron chi connectivity index (χ2n) is 8.04. The van der Waals surface area contributed by atoms with E-state index in [1.165, 1.54) is 12.8 Å². The number of rotatable bonds is 8. The maximum Gasteiger partial charge on any atom is 0.252 e. The van der Waals surface area contributed by atoms with Gasteiger partial charge in [0.05, 0.1) is 17.3 Å². The maximum absolute atomic E-state index is 14.7. The molecule has 0 spiro atoms. The van der Waals surface area contributed by atoms with Crippen molar-refractivity contribution in [2.75, 3.05) is 10.6 Å². The molecule has 9 heteroatoms. The molecule has 0 radical (unpaired) electrons. The van der Waals surface area contributed by atoms with Crippen LogP contribution >= 0.6 is 0 Å². The van der Waals surface area contributed by atoms with Gasteiger partial charge in [0.15, 0.2) is 11.6 Å².